The zero-order chi connectivity index (χ0) is 15.6. The SMILES string of the molecule is C[C@@H](C(=O)N1CCCC1)N(c1ccc(Cl)cc1)S(C)(=O)=O. The number of carbonyl (C=O) groups is 1. The fourth-order valence-corrected chi connectivity index (χ4v) is 3.89. The molecule has 0 N–H and O–H groups in total. The Labute approximate surface area is 130 Å². The molecule has 1 amide bonds. The molecule has 1 aliphatic rings. The lowest BCUT2D eigenvalue weighted by molar-refractivity contribution is -0.130. The van der Waals surface area contributed by atoms with Gasteiger partial charge >= 0.3 is 0 Å². The van der Waals surface area contributed by atoms with E-state index in [0.29, 0.717) is 23.8 Å². The van der Waals surface area contributed by atoms with Gasteiger partial charge in [-0.15, -0.1) is 0 Å². The minimum atomic E-state index is -3.56. The van der Waals surface area contributed by atoms with Gasteiger partial charge in [-0.2, -0.15) is 0 Å². The van der Waals surface area contributed by atoms with E-state index in [4.69, 9.17) is 11.6 Å². The average molecular weight is 331 g/mol. The van der Waals surface area contributed by atoms with E-state index in [0.717, 1.165) is 23.4 Å². The molecule has 21 heavy (non-hydrogen) atoms. The summed E-state index contributed by atoms with van der Waals surface area (Å²) in [6, 6.07) is 5.68. The highest BCUT2D eigenvalue weighted by molar-refractivity contribution is 7.92. The summed E-state index contributed by atoms with van der Waals surface area (Å²) in [5.74, 6) is -0.159. The van der Waals surface area contributed by atoms with Gasteiger partial charge < -0.3 is 4.90 Å². The number of benzene rings is 1. The highest BCUT2D eigenvalue weighted by atomic mass is 35.5. The van der Waals surface area contributed by atoms with Crippen LogP contribution >= 0.6 is 11.6 Å². The lowest BCUT2D eigenvalue weighted by Crippen LogP contribution is -2.48. The van der Waals surface area contributed by atoms with Gasteiger partial charge in [0.1, 0.15) is 6.04 Å². The first-order chi connectivity index (χ1) is 9.80. The summed E-state index contributed by atoms with van der Waals surface area (Å²) in [7, 11) is -3.56. The van der Waals surface area contributed by atoms with Gasteiger partial charge in [0.05, 0.1) is 11.9 Å². The maximum Gasteiger partial charge on any atom is 0.246 e. The van der Waals surface area contributed by atoms with Crippen molar-refractivity contribution in [2.45, 2.75) is 25.8 Å². The Morgan fingerprint density at radius 3 is 2.24 bits per heavy atom. The van der Waals surface area contributed by atoms with Crippen LogP contribution < -0.4 is 4.31 Å². The topological polar surface area (TPSA) is 57.7 Å². The number of halogens is 1. The summed E-state index contributed by atoms with van der Waals surface area (Å²) in [5, 5.41) is 0.519. The molecule has 0 aliphatic carbocycles. The zero-order valence-corrected chi connectivity index (χ0v) is 13.7. The van der Waals surface area contributed by atoms with Crippen molar-refractivity contribution < 1.29 is 13.2 Å². The van der Waals surface area contributed by atoms with Gasteiger partial charge in [0.2, 0.25) is 15.9 Å². The van der Waals surface area contributed by atoms with Gasteiger partial charge in [0, 0.05) is 18.1 Å². The first-order valence-electron chi connectivity index (χ1n) is 6.84. The summed E-state index contributed by atoms with van der Waals surface area (Å²) in [6.07, 6.45) is 3.05. The van der Waals surface area contributed by atoms with E-state index in [1.807, 2.05) is 0 Å². The van der Waals surface area contributed by atoms with Crippen LogP contribution in [0.4, 0.5) is 5.69 Å². The second-order valence-electron chi connectivity index (χ2n) is 5.24. The monoisotopic (exact) mass is 330 g/mol. The Kier molecular flexibility index (Phi) is 4.78. The van der Waals surface area contributed by atoms with E-state index in [-0.39, 0.29) is 5.91 Å². The number of rotatable bonds is 4. The average Bonchev–Trinajstić information content (AvgIpc) is 2.92. The van der Waals surface area contributed by atoms with E-state index in [1.165, 1.54) is 0 Å². The van der Waals surface area contributed by atoms with Gasteiger partial charge in [0.25, 0.3) is 0 Å². The second kappa shape index (κ2) is 6.23. The lowest BCUT2D eigenvalue weighted by Gasteiger charge is -2.31. The number of likely N-dealkylation sites (tertiary alicyclic amines) is 1. The largest absolute Gasteiger partial charge is 0.341 e. The van der Waals surface area contributed by atoms with Crippen LogP contribution in [0.25, 0.3) is 0 Å². The number of nitrogens with zero attached hydrogens (tertiary/aromatic N) is 2. The minimum absolute atomic E-state index is 0.159. The molecule has 2 rings (SSSR count). The number of anilines is 1. The smallest absolute Gasteiger partial charge is 0.246 e. The van der Waals surface area contributed by atoms with Crippen LogP contribution in [0.2, 0.25) is 5.02 Å². The molecule has 0 aromatic heterocycles. The molecule has 1 atom stereocenters. The molecule has 0 unspecified atom stereocenters. The molecule has 0 bridgehead atoms. The Bertz CT molecular complexity index is 610. The van der Waals surface area contributed by atoms with E-state index in [1.54, 1.807) is 36.1 Å². The van der Waals surface area contributed by atoms with Crippen molar-refractivity contribution in [1.82, 2.24) is 4.90 Å². The number of hydrogen-bond acceptors (Lipinski definition) is 3. The van der Waals surface area contributed by atoms with Crippen molar-refractivity contribution >= 4 is 33.2 Å². The lowest BCUT2D eigenvalue weighted by atomic mass is 10.2. The Balaban J connectivity index is 2.32. The molecule has 0 radical (unpaired) electrons. The molecule has 1 aliphatic heterocycles. The fourth-order valence-electron chi connectivity index (χ4n) is 2.59. The summed E-state index contributed by atoms with van der Waals surface area (Å²) in [4.78, 5) is 14.2. The van der Waals surface area contributed by atoms with Crippen molar-refractivity contribution in [1.29, 1.82) is 0 Å². The Hall–Kier alpha value is -1.27. The predicted molar refractivity (Wildman–Crippen MR) is 84.1 cm³/mol. The molecule has 0 spiro atoms. The first kappa shape index (κ1) is 16.1. The third-order valence-electron chi connectivity index (χ3n) is 3.57. The molecule has 1 saturated heterocycles. The standard InChI is InChI=1S/C14H19ClN2O3S/c1-11(14(18)16-9-3-4-10-16)17(21(2,19)20)13-7-5-12(15)6-8-13/h5-8,11H,3-4,9-10H2,1-2H3/t11-/m0/s1. The van der Waals surface area contributed by atoms with Gasteiger partial charge in [-0.25, -0.2) is 8.42 Å². The van der Waals surface area contributed by atoms with Crippen molar-refractivity contribution in [2.75, 3.05) is 23.7 Å². The molecular formula is C14H19ClN2O3S. The van der Waals surface area contributed by atoms with Crippen LogP contribution in [0.5, 0.6) is 0 Å². The van der Waals surface area contributed by atoms with E-state index < -0.39 is 16.1 Å². The van der Waals surface area contributed by atoms with E-state index >= 15 is 0 Å². The summed E-state index contributed by atoms with van der Waals surface area (Å²) < 4.78 is 25.4. The molecule has 5 nitrogen and oxygen atoms in total. The minimum Gasteiger partial charge on any atom is -0.341 e. The molecule has 1 heterocycles. The molecule has 1 aromatic rings. The van der Waals surface area contributed by atoms with E-state index in [9.17, 15) is 13.2 Å². The van der Waals surface area contributed by atoms with E-state index in [2.05, 4.69) is 0 Å². The quantitative estimate of drug-likeness (QED) is 0.849. The van der Waals surface area contributed by atoms with Crippen molar-refractivity contribution in [2.24, 2.45) is 0 Å². The summed E-state index contributed by atoms with van der Waals surface area (Å²) in [6.45, 7) is 3.01. The van der Waals surface area contributed by atoms with Crippen molar-refractivity contribution in [3.63, 3.8) is 0 Å². The normalized spacial score (nSPS) is 16.8. The van der Waals surface area contributed by atoms with Gasteiger partial charge in [-0.05, 0) is 44.0 Å². The van der Waals surface area contributed by atoms with Crippen LogP contribution in [0, 0.1) is 0 Å². The molecule has 116 valence electrons. The third-order valence-corrected chi connectivity index (χ3v) is 5.06. The number of carbonyl (C=O) groups excluding carboxylic acids is 1. The number of sulfonamides is 1. The Morgan fingerprint density at radius 1 is 1.24 bits per heavy atom. The predicted octanol–water partition coefficient (Wildman–Crippen LogP) is 2.12. The van der Waals surface area contributed by atoms with Crippen LogP contribution in [0.1, 0.15) is 19.8 Å². The highest BCUT2D eigenvalue weighted by Crippen LogP contribution is 2.24. The first-order valence-corrected chi connectivity index (χ1v) is 9.07. The van der Waals surface area contributed by atoms with Crippen molar-refractivity contribution in [3.8, 4) is 0 Å². The molecule has 1 fully saturated rings. The third kappa shape index (κ3) is 3.68. The molecule has 7 heteroatoms. The maximum atomic E-state index is 12.5. The molecular weight excluding hydrogens is 312 g/mol. The van der Waals surface area contributed by atoms with Crippen LogP contribution in [0.15, 0.2) is 24.3 Å². The second-order valence-corrected chi connectivity index (χ2v) is 7.54. The summed E-state index contributed by atoms with van der Waals surface area (Å²) in [5.41, 5.74) is 0.446. The van der Waals surface area contributed by atoms with Gasteiger partial charge in [0.15, 0.2) is 0 Å². The van der Waals surface area contributed by atoms with Crippen LogP contribution in [-0.2, 0) is 14.8 Å². The Morgan fingerprint density at radius 2 is 1.76 bits per heavy atom. The maximum absolute atomic E-state index is 12.5. The highest BCUT2D eigenvalue weighted by Gasteiger charge is 2.32. The molecule has 0 saturated carbocycles. The fraction of sp³-hybridized carbons (Fsp3) is 0.500. The van der Waals surface area contributed by atoms with Crippen LogP contribution in [0.3, 0.4) is 0 Å². The number of hydrogen-bond donors (Lipinski definition) is 0. The van der Waals surface area contributed by atoms with Gasteiger partial charge in [-0.3, -0.25) is 9.10 Å². The van der Waals surface area contributed by atoms with Gasteiger partial charge in [-0.1, -0.05) is 11.6 Å². The molecule has 1 aromatic carbocycles. The number of amides is 1. The van der Waals surface area contributed by atoms with Crippen LogP contribution in [-0.4, -0.2) is 44.6 Å². The summed E-state index contributed by atoms with van der Waals surface area (Å²) >= 11 is 5.83. The zero-order valence-electron chi connectivity index (χ0n) is 12.1. The van der Waals surface area contributed by atoms with Crippen molar-refractivity contribution in [3.05, 3.63) is 29.3 Å².